The number of aromatic hydroxyl groups is 2. The zero-order valence-electron chi connectivity index (χ0n) is 39.1. The fourth-order valence-corrected chi connectivity index (χ4v) is 9.72. The Kier molecular flexibility index (Phi) is 16.3. The number of likely N-dealkylation sites (tertiary alicyclic amines) is 1. The zero-order chi connectivity index (χ0) is 50.6. The van der Waals surface area contributed by atoms with Crippen LogP contribution >= 0.6 is 0 Å². The molecule has 0 saturated carbocycles. The summed E-state index contributed by atoms with van der Waals surface area (Å²) in [4.78, 5) is 99.7. The summed E-state index contributed by atoms with van der Waals surface area (Å²) in [5.41, 5.74) is -0.529. The predicted molar refractivity (Wildman–Crippen MR) is 240 cm³/mol. The quantitative estimate of drug-likeness (QED) is 0.0620. The molecule has 6 amide bonds. The lowest BCUT2D eigenvalue weighted by molar-refractivity contribution is -0.246. The monoisotopic (exact) mass is 978 g/mol. The minimum Gasteiger partial charge on any atom is -0.507 e. The molecule has 7 N–H and O–H groups in total. The molecule has 4 fully saturated rings. The third-order valence-corrected chi connectivity index (χ3v) is 13.2. The number of phenolic OH excluding ortho intramolecular Hbond substituents is 2. The van der Waals surface area contributed by atoms with Gasteiger partial charge in [-0.3, -0.25) is 48.2 Å². The molecule has 23 heteroatoms. The standard InChI is InChI=1S/C19H16O7.C17H23N5O6.C11H19NO4/c1-26-11-4-2-3-8-13(11)19(25)15-14(16(8)22)17(23)9-5-7(20)6-10(21)12(9)18(15)24;1-11(17(28)21-8-12(9-21)6-18-10-23)20-14(25)7-19-13(24)4-5-22-15(26)2-3-16(22)27;1-7-9-8(3-5-14-7)12-4-6-15-11(13-2)10(12)16-9/h2-4,7,10,20-21,23-24H,5-6H2,1H3;2-3,10-12H,4-9H2,1H3,(H,18,23)(H,19,24)(H,20,25);7-11H,3-6H2,1-2H3/t;;7?,8?,9?,10-,11?/m..1/s1. The topological polar surface area (TPSA) is 309 Å². The maximum atomic E-state index is 13.0. The van der Waals surface area contributed by atoms with Crippen LogP contribution in [0.3, 0.4) is 0 Å². The second-order valence-electron chi connectivity index (χ2n) is 17.7. The first-order chi connectivity index (χ1) is 33.5. The van der Waals surface area contributed by atoms with Crippen LogP contribution in [0.5, 0.6) is 17.2 Å². The van der Waals surface area contributed by atoms with E-state index >= 15 is 0 Å². The molecular weight excluding hydrogens is 921 g/mol. The number of morpholine rings is 1. The van der Waals surface area contributed by atoms with Gasteiger partial charge in [0.05, 0.1) is 55.3 Å². The largest absolute Gasteiger partial charge is 0.507 e. The molecule has 7 aliphatic rings. The number of nitrogens with one attached hydrogen (secondary N) is 3. The van der Waals surface area contributed by atoms with Gasteiger partial charge in [0.15, 0.2) is 18.3 Å². The fourth-order valence-electron chi connectivity index (χ4n) is 9.72. The highest BCUT2D eigenvalue weighted by Gasteiger charge is 2.51. The van der Waals surface area contributed by atoms with Crippen molar-refractivity contribution in [1.29, 1.82) is 0 Å². The number of benzene rings is 2. The van der Waals surface area contributed by atoms with E-state index in [2.05, 4.69) is 27.8 Å². The van der Waals surface area contributed by atoms with Crippen LogP contribution in [0.2, 0.25) is 0 Å². The Morgan fingerprint density at radius 2 is 1.66 bits per heavy atom. The number of fused-ring (bicyclic) bond motifs is 6. The molecule has 0 bridgehead atoms. The number of carbonyl (C=O) groups is 8. The van der Waals surface area contributed by atoms with Crippen LogP contribution in [0, 0.1) is 5.92 Å². The summed E-state index contributed by atoms with van der Waals surface area (Å²) in [5.74, 6) is -4.13. The molecule has 4 saturated heterocycles. The summed E-state index contributed by atoms with van der Waals surface area (Å²) in [6.07, 6.45) is 1.55. The normalized spacial score (nSPS) is 25.8. The van der Waals surface area contributed by atoms with Crippen molar-refractivity contribution in [2.75, 3.05) is 66.7 Å². The number of carbonyl (C=O) groups excluding carboxylic acids is 8. The van der Waals surface area contributed by atoms with E-state index < -0.39 is 64.9 Å². The Labute approximate surface area is 402 Å². The Morgan fingerprint density at radius 1 is 0.943 bits per heavy atom. The number of aliphatic hydroxyl groups is 2. The molecule has 0 radical (unpaired) electrons. The Morgan fingerprint density at radius 3 is 2.34 bits per heavy atom. The number of ketones is 2. The van der Waals surface area contributed by atoms with Gasteiger partial charge in [0.25, 0.3) is 11.8 Å². The second-order valence-corrected chi connectivity index (χ2v) is 17.7. The Hall–Kier alpha value is -6.34. The van der Waals surface area contributed by atoms with E-state index in [-0.39, 0.29) is 108 Å². The van der Waals surface area contributed by atoms with Gasteiger partial charge in [-0.05, 0) is 26.3 Å². The van der Waals surface area contributed by atoms with Crippen LogP contribution in [0.15, 0.2) is 30.4 Å². The predicted octanol–water partition coefficient (Wildman–Crippen LogP) is -1.46. The van der Waals surface area contributed by atoms with E-state index in [1.165, 1.54) is 19.2 Å². The van der Waals surface area contributed by atoms with Crippen LogP contribution < -0.4 is 20.7 Å². The van der Waals surface area contributed by atoms with Gasteiger partial charge < -0.3 is 65.0 Å². The van der Waals surface area contributed by atoms with E-state index in [0.29, 0.717) is 32.1 Å². The molecule has 2 aromatic carbocycles. The van der Waals surface area contributed by atoms with Crippen molar-refractivity contribution in [2.24, 2.45) is 5.92 Å². The van der Waals surface area contributed by atoms with Crippen molar-refractivity contribution < 1.29 is 82.5 Å². The van der Waals surface area contributed by atoms with Gasteiger partial charge in [-0.15, -0.1) is 0 Å². The SMILES string of the molecule is CC(NC(=O)CNC(=O)CCN1C(=O)C=CC1=O)C(=O)N1CC(CNC=O)C1.COC1OCCN2C3CCOC(C)C3O[C@H]12.COc1cccc2c1C(=O)c1c(O)c3c(c(O)c1C2=O)CC(O)CC3O. The molecule has 378 valence electrons. The maximum Gasteiger partial charge on any atom is 0.253 e. The van der Waals surface area contributed by atoms with Crippen LogP contribution in [0.25, 0.3) is 0 Å². The van der Waals surface area contributed by atoms with E-state index in [1.807, 2.05) is 0 Å². The molecule has 0 aromatic heterocycles. The lowest BCUT2D eigenvalue weighted by Crippen LogP contribution is -2.58. The number of hydrogen-bond donors (Lipinski definition) is 7. The number of nitrogens with zero attached hydrogens (tertiary/aromatic N) is 3. The smallest absolute Gasteiger partial charge is 0.253 e. The molecule has 8 atom stereocenters. The average molecular weight is 979 g/mol. The molecule has 23 nitrogen and oxygen atoms in total. The van der Waals surface area contributed by atoms with Crippen LogP contribution in [-0.2, 0) is 54.1 Å². The zero-order valence-corrected chi connectivity index (χ0v) is 39.1. The minimum absolute atomic E-state index is 0.00693. The number of imide groups is 1. The van der Waals surface area contributed by atoms with E-state index in [4.69, 9.17) is 23.7 Å². The number of rotatable bonds is 12. The lowest BCUT2D eigenvalue weighted by Gasteiger charge is -2.40. The third-order valence-electron chi connectivity index (χ3n) is 13.2. The molecule has 2 aliphatic carbocycles. The molecule has 7 unspecified atom stereocenters. The number of ether oxygens (including phenoxy) is 5. The molecule has 5 aliphatic heterocycles. The van der Waals surface area contributed by atoms with Crippen molar-refractivity contribution in [3.05, 3.63) is 63.7 Å². The molecular formula is C47H58N6O17. The van der Waals surface area contributed by atoms with Crippen molar-refractivity contribution in [3.8, 4) is 17.2 Å². The highest BCUT2D eigenvalue weighted by molar-refractivity contribution is 6.31. The Bertz CT molecular complexity index is 2410. The van der Waals surface area contributed by atoms with Gasteiger partial charge in [0, 0.05) is 107 Å². The highest BCUT2D eigenvalue weighted by atomic mass is 16.7. The molecule has 0 spiro atoms. The van der Waals surface area contributed by atoms with Crippen LogP contribution in [0.1, 0.15) is 82.2 Å². The summed E-state index contributed by atoms with van der Waals surface area (Å²) in [6.45, 7) is 7.26. The minimum atomic E-state index is -1.26. The van der Waals surface area contributed by atoms with Gasteiger partial charge in [0.2, 0.25) is 29.9 Å². The van der Waals surface area contributed by atoms with Crippen molar-refractivity contribution in [2.45, 2.75) is 88.5 Å². The number of phenols is 2. The molecule has 70 heavy (non-hydrogen) atoms. The van der Waals surface area contributed by atoms with Gasteiger partial charge >= 0.3 is 0 Å². The first kappa shape index (κ1) is 51.5. The van der Waals surface area contributed by atoms with Gasteiger partial charge in [-0.25, -0.2) is 0 Å². The number of hydrogen-bond acceptors (Lipinski definition) is 18. The van der Waals surface area contributed by atoms with Gasteiger partial charge in [-0.2, -0.15) is 0 Å². The van der Waals surface area contributed by atoms with E-state index in [0.717, 1.165) is 43.2 Å². The Balaban J connectivity index is 0.000000160. The number of methoxy groups -OCH3 is 2. The fraction of sp³-hybridized carbons (Fsp3) is 0.532. The molecule has 2 aromatic rings. The third kappa shape index (κ3) is 10.5. The summed E-state index contributed by atoms with van der Waals surface area (Å²) < 4.78 is 27.7. The first-order valence-electron chi connectivity index (χ1n) is 22.9. The number of aliphatic hydroxyl groups excluding tert-OH is 2. The summed E-state index contributed by atoms with van der Waals surface area (Å²) in [6, 6.07) is 4.25. The van der Waals surface area contributed by atoms with Crippen molar-refractivity contribution >= 4 is 47.5 Å². The van der Waals surface area contributed by atoms with Gasteiger partial charge in [-0.1, -0.05) is 12.1 Å². The van der Waals surface area contributed by atoms with E-state index in [1.54, 1.807) is 25.0 Å². The first-order valence-corrected chi connectivity index (χ1v) is 22.9. The van der Waals surface area contributed by atoms with E-state index in [9.17, 15) is 58.8 Å². The summed E-state index contributed by atoms with van der Waals surface area (Å²) in [5, 5.41) is 48.9. The van der Waals surface area contributed by atoms with Gasteiger partial charge in [0.1, 0.15) is 29.4 Å². The molecule has 5 heterocycles. The summed E-state index contributed by atoms with van der Waals surface area (Å²) >= 11 is 0. The van der Waals surface area contributed by atoms with Crippen molar-refractivity contribution in [3.63, 3.8) is 0 Å². The average Bonchev–Trinajstić information content (AvgIpc) is 3.88. The van der Waals surface area contributed by atoms with Crippen LogP contribution in [-0.4, -0.2) is 192 Å². The molecule has 9 rings (SSSR count). The highest BCUT2D eigenvalue weighted by Crippen LogP contribution is 2.49. The number of amides is 6. The van der Waals surface area contributed by atoms with Crippen LogP contribution in [0.4, 0.5) is 0 Å². The lowest BCUT2D eigenvalue weighted by atomic mass is 9.76. The van der Waals surface area contributed by atoms with Crippen molar-refractivity contribution in [1.82, 2.24) is 30.7 Å². The maximum absolute atomic E-state index is 13.0. The summed E-state index contributed by atoms with van der Waals surface area (Å²) in [7, 11) is 3.03. The second kappa shape index (κ2) is 22.2.